The molecule has 1 unspecified atom stereocenters. The van der Waals surface area contributed by atoms with Gasteiger partial charge in [-0.2, -0.15) is 13.2 Å². The maximum atomic E-state index is 13.0. The molecule has 0 bridgehead atoms. The van der Waals surface area contributed by atoms with Crippen molar-refractivity contribution in [1.82, 2.24) is 4.98 Å². The van der Waals surface area contributed by atoms with Crippen molar-refractivity contribution in [3.8, 4) is 5.88 Å². The fourth-order valence-electron chi connectivity index (χ4n) is 2.89. The summed E-state index contributed by atoms with van der Waals surface area (Å²) < 4.78 is 54.2. The van der Waals surface area contributed by atoms with Crippen LogP contribution in [0.2, 0.25) is 0 Å². The molecule has 14 heteroatoms. The molecule has 0 fully saturated rings. The van der Waals surface area contributed by atoms with E-state index >= 15 is 0 Å². The highest BCUT2D eigenvalue weighted by molar-refractivity contribution is 14.1. The molecule has 35 heavy (non-hydrogen) atoms. The number of rotatable bonds is 7. The van der Waals surface area contributed by atoms with Crippen LogP contribution in [0, 0.1) is 13.7 Å². The van der Waals surface area contributed by atoms with Crippen molar-refractivity contribution >= 4 is 46.0 Å². The highest BCUT2D eigenvalue weighted by Gasteiger charge is 2.43. The second-order valence-electron chi connectivity index (χ2n) is 8.04. The van der Waals surface area contributed by atoms with Crippen molar-refractivity contribution in [2.24, 2.45) is 0 Å². The lowest BCUT2D eigenvalue weighted by Crippen LogP contribution is -2.28. The number of nitrogens with one attached hydrogen (secondary N) is 1. The molecule has 2 rings (SSSR count). The molecule has 1 aromatic heterocycles. The van der Waals surface area contributed by atoms with Crippen molar-refractivity contribution < 1.29 is 41.9 Å². The van der Waals surface area contributed by atoms with E-state index in [1.807, 2.05) is 0 Å². The minimum absolute atomic E-state index is 0.0125. The van der Waals surface area contributed by atoms with Gasteiger partial charge in [-0.3, -0.25) is 15.4 Å². The first-order chi connectivity index (χ1) is 16.1. The Morgan fingerprint density at radius 1 is 1.23 bits per heavy atom. The number of halogens is 4. The van der Waals surface area contributed by atoms with E-state index in [4.69, 9.17) is 14.2 Å². The van der Waals surface area contributed by atoms with Crippen molar-refractivity contribution in [2.45, 2.75) is 45.1 Å². The third kappa shape index (κ3) is 7.93. The monoisotopic (exact) mass is 611 g/mol. The fraction of sp³-hybridized carbons (Fsp3) is 0.381. The third-order valence-corrected chi connectivity index (χ3v) is 5.17. The van der Waals surface area contributed by atoms with Gasteiger partial charge in [0.15, 0.2) is 0 Å². The number of benzene rings is 1. The number of hydrogen-bond acceptors (Lipinski definition) is 8. The van der Waals surface area contributed by atoms with E-state index in [1.54, 1.807) is 43.4 Å². The van der Waals surface area contributed by atoms with Gasteiger partial charge in [0.2, 0.25) is 5.88 Å². The molecule has 1 atom stereocenters. The number of nitro benzene ring substituents is 1. The van der Waals surface area contributed by atoms with Gasteiger partial charge in [0.1, 0.15) is 11.7 Å². The number of esters is 1. The van der Waals surface area contributed by atoms with Crippen LogP contribution in [-0.4, -0.2) is 40.9 Å². The SMILES string of the molecule is COc1nccc(I)c1C(Cc1ccc(NC(=O)OC(C)(C)C)cc1[N+](=O)[O-])OC(=O)C(F)(F)F. The molecule has 1 amide bonds. The van der Waals surface area contributed by atoms with Gasteiger partial charge in [-0.05, 0) is 61.6 Å². The number of carbonyl (C=O) groups is 2. The number of alkyl halides is 3. The zero-order chi connectivity index (χ0) is 26.6. The summed E-state index contributed by atoms with van der Waals surface area (Å²) in [7, 11) is 1.23. The van der Waals surface area contributed by atoms with Crippen LogP contribution in [0.1, 0.15) is 38.0 Å². The lowest BCUT2D eigenvalue weighted by molar-refractivity contribution is -0.385. The molecule has 1 heterocycles. The number of carbonyl (C=O) groups excluding carboxylic acids is 2. The Bertz CT molecular complexity index is 1120. The lowest BCUT2D eigenvalue weighted by Gasteiger charge is -2.22. The van der Waals surface area contributed by atoms with E-state index in [0.717, 1.165) is 6.07 Å². The average Bonchev–Trinajstić information content (AvgIpc) is 2.71. The summed E-state index contributed by atoms with van der Waals surface area (Å²) in [4.78, 5) is 38.5. The average molecular weight is 611 g/mol. The lowest BCUT2D eigenvalue weighted by atomic mass is 10.00. The predicted octanol–water partition coefficient (Wildman–Crippen LogP) is 5.34. The Labute approximate surface area is 211 Å². The highest BCUT2D eigenvalue weighted by Crippen LogP contribution is 2.37. The molecule has 0 saturated carbocycles. The standard InChI is InChI=1S/C21H21F3IN3O7/c1-20(2,3)35-19(30)27-12-6-5-11(14(10-12)28(31)32)9-15(34-18(29)21(22,23)24)16-13(25)7-8-26-17(16)33-4/h5-8,10,15H,9H2,1-4H3,(H,27,30). The normalized spacial score (nSPS) is 12.5. The molecule has 0 aliphatic carbocycles. The minimum Gasteiger partial charge on any atom is -0.481 e. The number of aromatic nitrogens is 1. The zero-order valence-electron chi connectivity index (χ0n) is 18.9. The molecule has 10 nitrogen and oxygen atoms in total. The predicted molar refractivity (Wildman–Crippen MR) is 125 cm³/mol. The van der Waals surface area contributed by atoms with Gasteiger partial charge in [-0.25, -0.2) is 14.6 Å². The maximum Gasteiger partial charge on any atom is 0.490 e. The smallest absolute Gasteiger partial charge is 0.481 e. The summed E-state index contributed by atoms with van der Waals surface area (Å²) in [5.41, 5.74) is -1.37. The topological polar surface area (TPSA) is 130 Å². The van der Waals surface area contributed by atoms with Crippen LogP contribution < -0.4 is 10.1 Å². The van der Waals surface area contributed by atoms with Crippen molar-refractivity contribution in [1.29, 1.82) is 0 Å². The molecule has 0 radical (unpaired) electrons. The number of nitro groups is 1. The minimum atomic E-state index is -5.30. The van der Waals surface area contributed by atoms with E-state index in [1.165, 1.54) is 31.5 Å². The molecule has 0 aliphatic rings. The Hall–Kier alpha value is -3.17. The number of ether oxygens (including phenoxy) is 3. The third-order valence-electron chi connectivity index (χ3n) is 4.23. The molecular formula is C21H21F3IN3O7. The Balaban J connectivity index is 2.48. The van der Waals surface area contributed by atoms with E-state index in [2.05, 4.69) is 10.3 Å². The fourth-order valence-corrected chi connectivity index (χ4v) is 3.63. The second kappa shape index (κ2) is 11.0. The molecule has 1 aromatic carbocycles. The summed E-state index contributed by atoms with van der Waals surface area (Å²) in [5.74, 6) is -2.59. The number of methoxy groups -OCH3 is 1. The quantitative estimate of drug-likeness (QED) is 0.192. The van der Waals surface area contributed by atoms with Gasteiger partial charge < -0.3 is 14.2 Å². The Kier molecular flexibility index (Phi) is 8.86. The summed E-state index contributed by atoms with van der Waals surface area (Å²) in [5, 5.41) is 14.1. The molecular weight excluding hydrogens is 590 g/mol. The van der Waals surface area contributed by atoms with Crippen LogP contribution in [-0.2, 0) is 20.7 Å². The second-order valence-corrected chi connectivity index (χ2v) is 9.20. The van der Waals surface area contributed by atoms with Crippen LogP contribution in [0.5, 0.6) is 5.88 Å². The van der Waals surface area contributed by atoms with Gasteiger partial charge in [-0.1, -0.05) is 0 Å². The number of nitrogens with zero attached hydrogens (tertiary/aromatic N) is 2. The molecule has 0 aliphatic heterocycles. The van der Waals surface area contributed by atoms with Gasteiger partial charge in [0.25, 0.3) is 5.69 Å². The largest absolute Gasteiger partial charge is 0.490 e. The first-order valence-electron chi connectivity index (χ1n) is 9.86. The summed E-state index contributed by atoms with van der Waals surface area (Å²) in [6, 6.07) is 5.01. The van der Waals surface area contributed by atoms with E-state index in [0.29, 0.717) is 3.57 Å². The summed E-state index contributed by atoms with van der Waals surface area (Å²) >= 11 is 1.80. The van der Waals surface area contributed by atoms with Gasteiger partial charge in [0, 0.05) is 27.8 Å². The van der Waals surface area contributed by atoms with Gasteiger partial charge in [0.05, 0.1) is 23.3 Å². The van der Waals surface area contributed by atoms with E-state index < -0.39 is 47.0 Å². The zero-order valence-corrected chi connectivity index (χ0v) is 21.1. The number of pyridine rings is 1. The first-order valence-corrected chi connectivity index (χ1v) is 10.9. The molecule has 0 saturated heterocycles. The summed E-state index contributed by atoms with van der Waals surface area (Å²) in [6.07, 6.45) is -6.95. The first kappa shape index (κ1) is 28.1. The van der Waals surface area contributed by atoms with Crippen LogP contribution >= 0.6 is 22.6 Å². The summed E-state index contributed by atoms with van der Waals surface area (Å²) in [6.45, 7) is 4.90. The van der Waals surface area contributed by atoms with Crippen LogP contribution in [0.4, 0.5) is 29.3 Å². The maximum absolute atomic E-state index is 13.0. The van der Waals surface area contributed by atoms with Crippen molar-refractivity contribution in [3.05, 3.63) is 55.3 Å². The van der Waals surface area contributed by atoms with Crippen LogP contribution in [0.15, 0.2) is 30.5 Å². The number of anilines is 1. The number of hydrogen-bond donors (Lipinski definition) is 1. The molecule has 2 aromatic rings. The van der Waals surface area contributed by atoms with Crippen LogP contribution in [0.3, 0.4) is 0 Å². The number of amides is 1. The molecule has 190 valence electrons. The molecule has 0 spiro atoms. The Morgan fingerprint density at radius 2 is 1.89 bits per heavy atom. The Morgan fingerprint density at radius 3 is 2.43 bits per heavy atom. The van der Waals surface area contributed by atoms with Crippen molar-refractivity contribution in [3.63, 3.8) is 0 Å². The van der Waals surface area contributed by atoms with E-state index in [9.17, 15) is 32.9 Å². The van der Waals surface area contributed by atoms with Gasteiger partial charge >= 0.3 is 18.2 Å². The van der Waals surface area contributed by atoms with Crippen LogP contribution in [0.25, 0.3) is 0 Å². The van der Waals surface area contributed by atoms with Gasteiger partial charge in [-0.15, -0.1) is 0 Å². The van der Waals surface area contributed by atoms with Crippen molar-refractivity contribution in [2.75, 3.05) is 12.4 Å². The highest BCUT2D eigenvalue weighted by atomic mass is 127. The van der Waals surface area contributed by atoms with E-state index in [-0.39, 0.29) is 22.7 Å². The molecule has 1 N–H and O–H groups in total.